The Morgan fingerprint density at radius 1 is 0.833 bits per heavy atom. The Hall–Kier alpha value is -2.37. The molecule has 6 heteroatoms. The fraction of sp³-hybridized carbons (Fsp3) is 0.208. The van der Waals surface area contributed by atoms with Crippen molar-refractivity contribution in [2.24, 2.45) is 0 Å². The molecule has 0 amide bonds. The van der Waals surface area contributed by atoms with Crippen LogP contribution in [0.25, 0.3) is 28.0 Å². The molecule has 1 fully saturated rings. The van der Waals surface area contributed by atoms with Gasteiger partial charge < -0.3 is 9.14 Å². The maximum Gasteiger partial charge on any atom is 0.137 e. The molecular weight excluding hydrogens is 417 g/mol. The Morgan fingerprint density at radius 2 is 1.60 bits per heavy atom. The summed E-state index contributed by atoms with van der Waals surface area (Å²) in [6.07, 6.45) is 2.18. The first kappa shape index (κ1) is 19.6. The molecule has 2 aromatic carbocycles. The van der Waals surface area contributed by atoms with Crippen LogP contribution in [0.3, 0.4) is 0 Å². The number of imidazole rings is 1. The van der Waals surface area contributed by atoms with E-state index in [0.29, 0.717) is 10.0 Å². The van der Waals surface area contributed by atoms with Crippen LogP contribution >= 0.6 is 23.2 Å². The summed E-state index contributed by atoms with van der Waals surface area (Å²) in [5, 5.41) is 1.08. The second-order valence-electron chi connectivity index (χ2n) is 7.44. The van der Waals surface area contributed by atoms with Gasteiger partial charge in [-0.15, -0.1) is 0 Å². The van der Waals surface area contributed by atoms with Gasteiger partial charge in [-0.25, -0.2) is 4.98 Å². The minimum Gasteiger partial charge on any atom is -0.379 e. The average molecular weight is 438 g/mol. The molecule has 30 heavy (non-hydrogen) atoms. The molecule has 0 bridgehead atoms. The van der Waals surface area contributed by atoms with Crippen LogP contribution in [0.5, 0.6) is 0 Å². The van der Waals surface area contributed by atoms with Crippen LogP contribution in [0.15, 0.2) is 66.9 Å². The quantitative estimate of drug-likeness (QED) is 0.403. The van der Waals surface area contributed by atoms with Gasteiger partial charge in [-0.05, 0) is 35.4 Å². The maximum absolute atomic E-state index is 6.32. The van der Waals surface area contributed by atoms with Crippen molar-refractivity contribution in [1.29, 1.82) is 0 Å². The normalized spacial score (nSPS) is 15.0. The molecular formula is C24H21Cl2N3O. The fourth-order valence-electron chi connectivity index (χ4n) is 3.89. The van der Waals surface area contributed by atoms with Crippen molar-refractivity contribution < 1.29 is 4.74 Å². The van der Waals surface area contributed by atoms with E-state index in [-0.39, 0.29) is 0 Å². The number of halogens is 2. The van der Waals surface area contributed by atoms with Crippen LogP contribution in [0.1, 0.15) is 5.69 Å². The van der Waals surface area contributed by atoms with Gasteiger partial charge in [0.1, 0.15) is 5.65 Å². The topological polar surface area (TPSA) is 29.8 Å². The molecule has 0 radical (unpaired) electrons. The molecule has 4 nitrogen and oxygen atoms in total. The number of hydrogen-bond acceptors (Lipinski definition) is 3. The Bertz CT molecular complexity index is 1180. The van der Waals surface area contributed by atoms with Crippen molar-refractivity contribution in [3.05, 3.63) is 82.6 Å². The lowest BCUT2D eigenvalue weighted by atomic mass is 10.1. The first-order valence-electron chi connectivity index (χ1n) is 10.0. The SMILES string of the molecule is Clc1ccc(-c2nc3ccc(-c4ccccc4)cn3c2CN2CCOCC2)cc1Cl. The lowest BCUT2D eigenvalue weighted by Crippen LogP contribution is -2.36. The van der Waals surface area contributed by atoms with E-state index in [1.54, 1.807) is 0 Å². The van der Waals surface area contributed by atoms with Crippen molar-refractivity contribution >= 4 is 28.8 Å². The van der Waals surface area contributed by atoms with Crippen molar-refractivity contribution in [1.82, 2.24) is 14.3 Å². The second kappa shape index (κ2) is 8.40. The van der Waals surface area contributed by atoms with Gasteiger partial charge in [0.2, 0.25) is 0 Å². The molecule has 4 aromatic rings. The summed E-state index contributed by atoms with van der Waals surface area (Å²) in [5.74, 6) is 0. The molecule has 5 rings (SSSR count). The van der Waals surface area contributed by atoms with Crippen LogP contribution in [0.4, 0.5) is 0 Å². The number of nitrogens with zero attached hydrogens (tertiary/aromatic N) is 3. The van der Waals surface area contributed by atoms with Gasteiger partial charge in [-0.3, -0.25) is 4.90 Å². The molecule has 1 aliphatic heterocycles. The van der Waals surface area contributed by atoms with Crippen molar-refractivity contribution in [2.75, 3.05) is 26.3 Å². The van der Waals surface area contributed by atoms with Gasteiger partial charge in [0, 0.05) is 31.4 Å². The highest BCUT2D eigenvalue weighted by molar-refractivity contribution is 6.42. The molecule has 0 N–H and O–H groups in total. The summed E-state index contributed by atoms with van der Waals surface area (Å²) in [5.41, 5.74) is 6.30. The molecule has 0 unspecified atom stereocenters. The standard InChI is InChI=1S/C24H21Cl2N3O/c25-20-8-6-18(14-21(20)26)24-22(16-28-10-12-30-13-11-28)29-15-19(7-9-23(29)27-24)17-4-2-1-3-5-17/h1-9,14-15H,10-13,16H2. The van der Waals surface area contributed by atoms with Gasteiger partial charge in [0.25, 0.3) is 0 Å². The molecule has 0 aliphatic carbocycles. The third kappa shape index (κ3) is 3.84. The summed E-state index contributed by atoms with van der Waals surface area (Å²) >= 11 is 12.5. The van der Waals surface area contributed by atoms with Crippen LogP contribution in [-0.4, -0.2) is 40.6 Å². The number of fused-ring (bicyclic) bond motifs is 1. The van der Waals surface area contributed by atoms with E-state index in [9.17, 15) is 0 Å². The highest BCUT2D eigenvalue weighted by Gasteiger charge is 2.20. The van der Waals surface area contributed by atoms with Gasteiger partial charge in [0.15, 0.2) is 0 Å². The number of aromatic nitrogens is 2. The Kier molecular flexibility index (Phi) is 5.48. The Morgan fingerprint density at radius 3 is 2.37 bits per heavy atom. The van der Waals surface area contributed by atoms with Crippen LogP contribution < -0.4 is 0 Å². The van der Waals surface area contributed by atoms with E-state index in [4.69, 9.17) is 32.9 Å². The minimum atomic E-state index is 0.536. The van der Waals surface area contributed by atoms with Gasteiger partial charge in [-0.1, -0.05) is 59.6 Å². The molecule has 1 saturated heterocycles. The summed E-state index contributed by atoms with van der Waals surface area (Å²) in [6.45, 7) is 4.12. The predicted octanol–water partition coefficient (Wildman–Crippen LogP) is 5.81. The zero-order valence-electron chi connectivity index (χ0n) is 16.4. The summed E-state index contributed by atoms with van der Waals surface area (Å²) in [7, 11) is 0. The molecule has 0 spiro atoms. The zero-order valence-corrected chi connectivity index (χ0v) is 17.9. The Balaban J connectivity index is 1.65. The predicted molar refractivity (Wildman–Crippen MR) is 122 cm³/mol. The lowest BCUT2D eigenvalue weighted by molar-refractivity contribution is 0.0336. The number of morpholine rings is 1. The number of ether oxygens (including phenoxy) is 1. The summed E-state index contributed by atoms with van der Waals surface area (Å²) in [4.78, 5) is 7.36. The van der Waals surface area contributed by atoms with Crippen LogP contribution in [-0.2, 0) is 11.3 Å². The zero-order chi connectivity index (χ0) is 20.5. The number of rotatable bonds is 4. The number of pyridine rings is 1. The van der Waals surface area contributed by atoms with E-state index < -0.39 is 0 Å². The van der Waals surface area contributed by atoms with E-state index in [0.717, 1.165) is 61.0 Å². The van der Waals surface area contributed by atoms with Gasteiger partial charge in [-0.2, -0.15) is 0 Å². The average Bonchev–Trinajstić information content (AvgIpc) is 3.14. The number of benzene rings is 2. The van der Waals surface area contributed by atoms with E-state index >= 15 is 0 Å². The third-order valence-corrected chi connectivity index (χ3v) is 6.23. The molecule has 2 aromatic heterocycles. The third-order valence-electron chi connectivity index (χ3n) is 5.49. The van der Waals surface area contributed by atoms with E-state index in [1.165, 1.54) is 5.56 Å². The maximum atomic E-state index is 6.32. The van der Waals surface area contributed by atoms with E-state index in [2.05, 4.69) is 51.9 Å². The summed E-state index contributed by atoms with van der Waals surface area (Å²) < 4.78 is 7.73. The number of hydrogen-bond donors (Lipinski definition) is 0. The van der Waals surface area contributed by atoms with E-state index in [1.807, 2.05) is 24.3 Å². The fourth-order valence-corrected chi connectivity index (χ4v) is 4.19. The van der Waals surface area contributed by atoms with Crippen molar-refractivity contribution in [3.63, 3.8) is 0 Å². The molecule has 1 aliphatic rings. The van der Waals surface area contributed by atoms with Crippen molar-refractivity contribution in [2.45, 2.75) is 6.54 Å². The minimum absolute atomic E-state index is 0.536. The lowest BCUT2D eigenvalue weighted by Gasteiger charge is -2.26. The van der Waals surface area contributed by atoms with Crippen LogP contribution in [0, 0.1) is 0 Å². The molecule has 0 saturated carbocycles. The second-order valence-corrected chi connectivity index (χ2v) is 8.25. The van der Waals surface area contributed by atoms with Gasteiger partial charge >= 0.3 is 0 Å². The highest BCUT2D eigenvalue weighted by Crippen LogP contribution is 2.32. The van der Waals surface area contributed by atoms with Crippen molar-refractivity contribution in [3.8, 4) is 22.4 Å². The highest BCUT2D eigenvalue weighted by atomic mass is 35.5. The van der Waals surface area contributed by atoms with Gasteiger partial charge in [0.05, 0.1) is 34.6 Å². The monoisotopic (exact) mass is 437 g/mol. The Labute approximate surface area is 185 Å². The molecule has 3 heterocycles. The van der Waals surface area contributed by atoms with Crippen LogP contribution in [0.2, 0.25) is 10.0 Å². The largest absolute Gasteiger partial charge is 0.379 e. The molecule has 0 atom stereocenters. The smallest absolute Gasteiger partial charge is 0.137 e. The molecule has 152 valence electrons. The summed E-state index contributed by atoms with van der Waals surface area (Å²) in [6, 6.07) is 20.3. The first-order chi connectivity index (χ1) is 14.7. The first-order valence-corrected chi connectivity index (χ1v) is 10.8.